The smallest absolute Gasteiger partial charge is 0.332 e. The van der Waals surface area contributed by atoms with Crippen LogP contribution in [0, 0.1) is 17.2 Å². The molecule has 0 aromatic carbocycles. The lowest BCUT2D eigenvalue weighted by Crippen LogP contribution is -2.62. The molecule has 0 spiro atoms. The average molecular weight is 259 g/mol. The van der Waals surface area contributed by atoms with Gasteiger partial charge in [-0.05, 0) is 38.8 Å². The monoisotopic (exact) mass is 259 g/mol. The minimum Gasteiger partial charge on any atom is -0.332 e. The fourth-order valence-corrected chi connectivity index (χ4v) is 3.25. The molecule has 4 rings (SSSR count). The van der Waals surface area contributed by atoms with Crippen LogP contribution in [0.15, 0.2) is 12.4 Å². The van der Waals surface area contributed by atoms with Gasteiger partial charge < -0.3 is 5.32 Å². The lowest BCUT2D eigenvalue weighted by molar-refractivity contribution is 0.0266. The lowest BCUT2D eigenvalue weighted by Gasteiger charge is -2.49. The maximum atomic E-state index is 12.1. The number of nitrogens with zero attached hydrogens (tertiary/aromatic N) is 4. The number of hydrogen-bond acceptors (Lipinski definition) is 4. The highest BCUT2D eigenvalue weighted by atomic mass is 16.2. The molecule has 4 heterocycles. The van der Waals surface area contributed by atoms with Crippen LogP contribution in [0.4, 0.5) is 4.79 Å². The quantitative estimate of drug-likeness (QED) is 0.809. The van der Waals surface area contributed by atoms with Gasteiger partial charge in [0.1, 0.15) is 6.07 Å². The Kier molecular flexibility index (Phi) is 2.99. The van der Waals surface area contributed by atoms with E-state index in [0.29, 0.717) is 17.5 Å². The predicted molar refractivity (Wildman–Crippen MR) is 68.4 cm³/mol. The lowest BCUT2D eigenvalue weighted by atomic mass is 9.79. The molecule has 2 atom stereocenters. The third kappa shape index (κ3) is 2.10. The summed E-state index contributed by atoms with van der Waals surface area (Å²) >= 11 is 0. The summed E-state index contributed by atoms with van der Waals surface area (Å²) in [5, 5.41) is 15.7. The van der Waals surface area contributed by atoms with E-state index in [1.54, 1.807) is 0 Å². The molecule has 0 unspecified atom stereocenters. The molecule has 0 radical (unpaired) electrons. The molecule has 3 saturated heterocycles. The molecule has 1 aromatic rings. The van der Waals surface area contributed by atoms with Gasteiger partial charge >= 0.3 is 6.03 Å². The zero-order chi connectivity index (χ0) is 13.4. The summed E-state index contributed by atoms with van der Waals surface area (Å²) in [6.45, 7) is 4.44. The van der Waals surface area contributed by atoms with Crippen molar-refractivity contribution in [1.29, 1.82) is 5.26 Å². The van der Waals surface area contributed by atoms with E-state index in [1.807, 2.05) is 6.07 Å². The van der Waals surface area contributed by atoms with Gasteiger partial charge in [0.25, 0.3) is 0 Å². The molecule has 19 heavy (non-hydrogen) atoms. The molecule has 1 amide bonds. The summed E-state index contributed by atoms with van der Waals surface area (Å²) < 4.78 is 1.21. The van der Waals surface area contributed by atoms with Gasteiger partial charge in [-0.3, -0.25) is 4.90 Å². The van der Waals surface area contributed by atoms with Crippen molar-refractivity contribution in [3.8, 4) is 6.07 Å². The highest BCUT2D eigenvalue weighted by molar-refractivity contribution is 5.76. The second-order valence-electron chi connectivity index (χ2n) is 5.37. The zero-order valence-corrected chi connectivity index (χ0v) is 10.9. The molecule has 2 bridgehead atoms. The van der Waals surface area contributed by atoms with Crippen molar-refractivity contribution in [2.24, 2.45) is 5.92 Å². The molecular formula is C13H17N5O. The van der Waals surface area contributed by atoms with Crippen LogP contribution in [0.3, 0.4) is 0 Å². The van der Waals surface area contributed by atoms with Crippen molar-refractivity contribution in [2.45, 2.75) is 31.8 Å². The van der Waals surface area contributed by atoms with Crippen molar-refractivity contribution in [1.82, 2.24) is 20.0 Å². The van der Waals surface area contributed by atoms with E-state index in [2.05, 4.69) is 22.2 Å². The van der Waals surface area contributed by atoms with Crippen molar-refractivity contribution in [3.05, 3.63) is 18.0 Å². The Labute approximate surface area is 112 Å². The second-order valence-corrected chi connectivity index (χ2v) is 5.37. The zero-order valence-electron chi connectivity index (χ0n) is 10.9. The summed E-state index contributed by atoms with van der Waals surface area (Å²) in [6.07, 6.45) is 5.16. The summed E-state index contributed by atoms with van der Waals surface area (Å²) in [4.78, 5) is 14.6. The van der Waals surface area contributed by atoms with Gasteiger partial charge in [-0.1, -0.05) is 0 Å². The number of hydrogen-bond donors (Lipinski definition) is 1. The Balaban J connectivity index is 1.71. The number of amides is 1. The molecule has 1 N–H and O–H groups in total. The van der Waals surface area contributed by atoms with Gasteiger partial charge in [-0.15, -0.1) is 0 Å². The Hall–Kier alpha value is -1.87. The van der Waals surface area contributed by atoms with Crippen LogP contribution in [0.2, 0.25) is 0 Å². The van der Waals surface area contributed by atoms with Crippen LogP contribution in [0.5, 0.6) is 0 Å². The van der Waals surface area contributed by atoms with E-state index in [9.17, 15) is 4.79 Å². The van der Waals surface area contributed by atoms with E-state index in [4.69, 9.17) is 5.26 Å². The highest BCUT2D eigenvalue weighted by Crippen LogP contribution is 2.32. The van der Waals surface area contributed by atoms with Crippen molar-refractivity contribution < 1.29 is 4.79 Å². The molecule has 3 aliphatic heterocycles. The Morgan fingerprint density at radius 2 is 2.26 bits per heavy atom. The van der Waals surface area contributed by atoms with Crippen LogP contribution >= 0.6 is 0 Å². The fourth-order valence-electron chi connectivity index (χ4n) is 3.25. The van der Waals surface area contributed by atoms with Gasteiger partial charge in [0.2, 0.25) is 0 Å². The maximum absolute atomic E-state index is 12.1. The Morgan fingerprint density at radius 3 is 2.84 bits per heavy atom. The van der Waals surface area contributed by atoms with Crippen LogP contribution in [0.1, 0.15) is 25.3 Å². The van der Waals surface area contributed by atoms with Crippen LogP contribution in [0.25, 0.3) is 0 Å². The summed E-state index contributed by atoms with van der Waals surface area (Å²) in [5.74, 6) is 0.565. The summed E-state index contributed by atoms with van der Waals surface area (Å²) in [7, 11) is 0. The number of piperidine rings is 3. The number of nitrogens with one attached hydrogen (secondary N) is 1. The number of carbonyl (C=O) groups excluding carboxylic acids is 1. The number of aromatic nitrogens is 2. The molecule has 6 heteroatoms. The second kappa shape index (κ2) is 4.67. The van der Waals surface area contributed by atoms with Crippen molar-refractivity contribution in [2.75, 3.05) is 13.1 Å². The summed E-state index contributed by atoms with van der Waals surface area (Å²) in [6, 6.07) is 2.29. The standard InChI is InChI=1S/C13H17N5O/c1-9-12(11-2-4-17(9)5-3-11)16-13(19)18-8-10(6-14)7-15-18/h7-9,11-12H,2-5H2,1H3,(H,16,19)/t9-,12+/m1/s1. The predicted octanol–water partition coefficient (Wildman–Crippen LogP) is 0.795. The van der Waals surface area contributed by atoms with Crippen LogP contribution in [-0.2, 0) is 0 Å². The van der Waals surface area contributed by atoms with Crippen LogP contribution < -0.4 is 5.32 Å². The Bertz CT molecular complexity index is 521. The summed E-state index contributed by atoms with van der Waals surface area (Å²) in [5.41, 5.74) is 0.400. The van der Waals surface area contributed by atoms with Gasteiger partial charge in [0.15, 0.2) is 0 Å². The third-order valence-electron chi connectivity index (χ3n) is 4.39. The molecule has 100 valence electrons. The molecule has 0 aliphatic carbocycles. The average Bonchev–Trinajstić information content (AvgIpc) is 2.92. The first kappa shape index (κ1) is 12.2. The molecule has 6 nitrogen and oxygen atoms in total. The SMILES string of the molecule is C[C@@H]1[C@H](NC(=O)n2cc(C#N)cn2)C2CCN1CC2. The highest BCUT2D eigenvalue weighted by Gasteiger charge is 2.40. The van der Waals surface area contributed by atoms with Crippen molar-refractivity contribution >= 4 is 6.03 Å². The normalized spacial score (nSPS) is 32.8. The number of carbonyl (C=O) groups is 1. The van der Waals surface area contributed by atoms with Gasteiger partial charge in [0, 0.05) is 12.1 Å². The van der Waals surface area contributed by atoms with E-state index in [1.165, 1.54) is 17.1 Å². The molecule has 0 saturated carbocycles. The molecule has 3 fully saturated rings. The van der Waals surface area contributed by atoms with Crippen LogP contribution in [-0.4, -0.2) is 45.9 Å². The Morgan fingerprint density at radius 1 is 1.53 bits per heavy atom. The topological polar surface area (TPSA) is 74.0 Å². The largest absolute Gasteiger partial charge is 0.342 e. The van der Waals surface area contributed by atoms with Crippen molar-refractivity contribution in [3.63, 3.8) is 0 Å². The first-order valence-electron chi connectivity index (χ1n) is 6.68. The van der Waals surface area contributed by atoms with Gasteiger partial charge in [-0.25, -0.2) is 4.79 Å². The molecular weight excluding hydrogens is 242 g/mol. The van der Waals surface area contributed by atoms with E-state index in [0.717, 1.165) is 25.9 Å². The van der Waals surface area contributed by atoms with Gasteiger partial charge in [-0.2, -0.15) is 15.0 Å². The minimum absolute atomic E-state index is 0.185. The van der Waals surface area contributed by atoms with E-state index >= 15 is 0 Å². The molecule has 1 aromatic heterocycles. The van der Waals surface area contributed by atoms with E-state index in [-0.39, 0.29) is 12.1 Å². The number of rotatable bonds is 1. The first-order chi connectivity index (χ1) is 9.19. The maximum Gasteiger partial charge on any atom is 0.342 e. The number of nitriles is 1. The number of fused-ring (bicyclic) bond motifs is 3. The molecule has 3 aliphatic rings. The fraction of sp³-hybridized carbons (Fsp3) is 0.615. The van der Waals surface area contributed by atoms with Gasteiger partial charge in [0.05, 0.1) is 18.0 Å². The minimum atomic E-state index is -0.243. The van der Waals surface area contributed by atoms with E-state index < -0.39 is 0 Å². The first-order valence-corrected chi connectivity index (χ1v) is 6.68. The third-order valence-corrected chi connectivity index (χ3v) is 4.39.